The molecule has 0 saturated heterocycles. The molecule has 0 aliphatic heterocycles. The topological polar surface area (TPSA) is 60.5 Å². The Hall–Kier alpha value is -2.08. The molecule has 20 heavy (non-hydrogen) atoms. The third-order valence-electron chi connectivity index (χ3n) is 2.60. The van der Waals surface area contributed by atoms with Gasteiger partial charge >= 0.3 is 5.97 Å². The van der Waals surface area contributed by atoms with Crippen molar-refractivity contribution in [2.75, 3.05) is 19.0 Å². The fraction of sp³-hybridized carbons (Fsp3) is 0.286. The van der Waals surface area contributed by atoms with Crippen molar-refractivity contribution >= 4 is 28.1 Å². The van der Waals surface area contributed by atoms with Gasteiger partial charge in [-0.15, -0.1) is 0 Å². The standard InChI is InChI=1S/C14H16N2O3S/c1-4-19-11-8-6-5-7-10(11)16-14-15-9(2)12(20-14)13(17)18-3/h5-8H,4H2,1-3H3,(H,15,16). The number of rotatable bonds is 5. The molecule has 1 N–H and O–H groups in total. The van der Waals surface area contributed by atoms with Crippen molar-refractivity contribution in [2.24, 2.45) is 0 Å². The predicted molar refractivity (Wildman–Crippen MR) is 79.1 cm³/mol. The van der Waals surface area contributed by atoms with Gasteiger partial charge in [0.2, 0.25) is 0 Å². The minimum atomic E-state index is -0.369. The van der Waals surface area contributed by atoms with Gasteiger partial charge in [0, 0.05) is 0 Å². The number of carbonyl (C=O) groups is 1. The molecule has 0 amide bonds. The number of thiazole rings is 1. The molecule has 0 aliphatic rings. The number of ether oxygens (including phenoxy) is 2. The third kappa shape index (κ3) is 3.08. The summed E-state index contributed by atoms with van der Waals surface area (Å²) in [6.45, 7) is 4.30. The molecule has 0 unspecified atom stereocenters. The second-order valence-corrected chi connectivity index (χ2v) is 4.98. The van der Waals surface area contributed by atoms with Crippen LogP contribution in [0.2, 0.25) is 0 Å². The molecule has 0 aliphatic carbocycles. The lowest BCUT2D eigenvalue weighted by Gasteiger charge is -2.09. The van der Waals surface area contributed by atoms with Crippen LogP contribution in [0.15, 0.2) is 24.3 Å². The van der Waals surface area contributed by atoms with Gasteiger partial charge in [0.05, 0.1) is 25.1 Å². The molecular weight excluding hydrogens is 276 g/mol. The Morgan fingerprint density at radius 3 is 2.85 bits per heavy atom. The Balaban J connectivity index is 2.24. The number of hydrogen-bond acceptors (Lipinski definition) is 6. The number of carbonyl (C=O) groups excluding carboxylic acids is 1. The Morgan fingerprint density at radius 2 is 2.15 bits per heavy atom. The van der Waals surface area contributed by atoms with Gasteiger partial charge in [-0.1, -0.05) is 23.5 Å². The van der Waals surface area contributed by atoms with Gasteiger partial charge in [-0.2, -0.15) is 0 Å². The van der Waals surface area contributed by atoms with Gasteiger partial charge in [-0.3, -0.25) is 0 Å². The van der Waals surface area contributed by atoms with Crippen LogP contribution in [0.1, 0.15) is 22.3 Å². The number of nitrogens with one attached hydrogen (secondary N) is 1. The number of aromatic nitrogens is 1. The molecule has 6 heteroatoms. The van der Waals surface area contributed by atoms with Crippen molar-refractivity contribution in [3.05, 3.63) is 34.8 Å². The fourth-order valence-corrected chi connectivity index (χ4v) is 2.60. The first-order valence-electron chi connectivity index (χ1n) is 6.20. The second-order valence-electron chi connectivity index (χ2n) is 3.98. The van der Waals surface area contributed by atoms with E-state index in [1.807, 2.05) is 31.2 Å². The van der Waals surface area contributed by atoms with E-state index in [1.165, 1.54) is 18.4 Å². The Labute approximate surface area is 121 Å². The maximum absolute atomic E-state index is 11.6. The number of nitrogens with zero attached hydrogens (tertiary/aromatic N) is 1. The van der Waals surface area contributed by atoms with Crippen LogP contribution in [-0.4, -0.2) is 24.7 Å². The normalized spacial score (nSPS) is 10.2. The van der Waals surface area contributed by atoms with E-state index in [-0.39, 0.29) is 5.97 Å². The number of aryl methyl sites for hydroxylation is 1. The zero-order chi connectivity index (χ0) is 14.5. The summed E-state index contributed by atoms with van der Waals surface area (Å²) < 4.78 is 10.3. The van der Waals surface area contributed by atoms with Crippen LogP contribution in [0, 0.1) is 6.92 Å². The predicted octanol–water partition coefficient (Wildman–Crippen LogP) is 3.38. The highest BCUT2D eigenvalue weighted by Crippen LogP contribution is 2.31. The molecule has 0 radical (unpaired) electrons. The number of anilines is 2. The average Bonchev–Trinajstić information content (AvgIpc) is 2.81. The molecule has 0 atom stereocenters. The quantitative estimate of drug-likeness (QED) is 0.856. The Morgan fingerprint density at radius 1 is 1.40 bits per heavy atom. The van der Waals surface area contributed by atoms with Gasteiger partial charge in [-0.25, -0.2) is 9.78 Å². The van der Waals surface area contributed by atoms with E-state index in [2.05, 4.69) is 10.3 Å². The van der Waals surface area contributed by atoms with Crippen molar-refractivity contribution in [1.82, 2.24) is 4.98 Å². The van der Waals surface area contributed by atoms with Crippen LogP contribution in [-0.2, 0) is 4.74 Å². The first kappa shape index (κ1) is 14.3. The van der Waals surface area contributed by atoms with Crippen molar-refractivity contribution in [1.29, 1.82) is 0 Å². The molecule has 0 bridgehead atoms. The lowest BCUT2D eigenvalue weighted by Crippen LogP contribution is -1.99. The van der Waals surface area contributed by atoms with E-state index in [0.29, 0.717) is 22.3 Å². The lowest BCUT2D eigenvalue weighted by atomic mass is 10.3. The minimum Gasteiger partial charge on any atom is -0.492 e. The van der Waals surface area contributed by atoms with Crippen LogP contribution >= 0.6 is 11.3 Å². The maximum atomic E-state index is 11.6. The van der Waals surface area contributed by atoms with Crippen LogP contribution in [0.3, 0.4) is 0 Å². The summed E-state index contributed by atoms with van der Waals surface area (Å²) in [5.74, 6) is 0.383. The number of methoxy groups -OCH3 is 1. The van der Waals surface area contributed by atoms with E-state index in [1.54, 1.807) is 6.92 Å². The highest BCUT2D eigenvalue weighted by atomic mass is 32.1. The molecule has 1 aromatic carbocycles. The summed E-state index contributed by atoms with van der Waals surface area (Å²) >= 11 is 1.26. The summed E-state index contributed by atoms with van der Waals surface area (Å²) in [5.41, 5.74) is 1.47. The largest absolute Gasteiger partial charge is 0.492 e. The number of hydrogen-bond donors (Lipinski definition) is 1. The third-order valence-corrected chi connectivity index (χ3v) is 3.65. The molecule has 0 spiro atoms. The first-order chi connectivity index (χ1) is 9.65. The first-order valence-corrected chi connectivity index (χ1v) is 7.02. The van der Waals surface area contributed by atoms with Gasteiger partial charge in [-0.05, 0) is 26.0 Å². The number of esters is 1. The van der Waals surface area contributed by atoms with Crippen LogP contribution < -0.4 is 10.1 Å². The smallest absolute Gasteiger partial charge is 0.350 e. The second kappa shape index (κ2) is 6.38. The average molecular weight is 292 g/mol. The highest BCUT2D eigenvalue weighted by molar-refractivity contribution is 7.17. The Kier molecular flexibility index (Phi) is 4.57. The lowest BCUT2D eigenvalue weighted by molar-refractivity contribution is 0.0605. The summed E-state index contributed by atoms with van der Waals surface area (Å²) in [6.07, 6.45) is 0. The van der Waals surface area contributed by atoms with Gasteiger partial charge in [0.1, 0.15) is 10.6 Å². The molecule has 106 valence electrons. The summed E-state index contributed by atoms with van der Waals surface area (Å²) in [4.78, 5) is 16.4. The minimum absolute atomic E-state index is 0.369. The zero-order valence-electron chi connectivity index (χ0n) is 11.6. The molecule has 0 saturated carbocycles. The van der Waals surface area contributed by atoms with Crippen molar-refractivity contribution in [2.45, 2.75) is 13.8 Å². The Bertz CT molecular complexity index is 610. The molecular formula is C14H16N2O3S. The summed E-state index contributed by atoms with van der Waals surface area (Å²) in [6, 6.07) is 7.60. The zero-order valence-corrected chi connectivity index (χ0v) is 12.4. The van der Waals surface area contributed by atoms with E-state index < -0.39 is 0 Å². The van der Waals surface area contributed by atoms with E-state index >= 15 is 0 Å². The molecule has 0 fully saturated rings. The monoisotopic (exact) mass is 292 g/mol. The van der Waals surface area contributed by atoms with E-state index in [9.17, 15) is 4.79 Å². The van der Waals surface area contributed by atoms with Gasteiger partial charge < -0.3 is 14.8 Å². The molecule has 1 heterocycles. The fourth-order valence-electron chi connectivity index (χ4n) is 1.70. The van der Waals surface area contributed by atoms with Crippen molar-refractivity contribution < 1.29 is 14.3 Å². The van der Waals surface area contributed by atoms with Crippen molar-refractivity contribution in [3.63, 3.8) is 0 Å². The van der Waals surface area contributed by atoms with Crippen LogP contribution in [0.5, 0.6) is 5.75 Å². The molecule has 2 aromatic rings. The summed E-state index contributed by atoms with van der Waals surface area (Å²) in [7, 11) is 1.36. The SMILES string of the molecule is CCOc1ccccc1Nc1nc(C)c(C(=O)OC)s1. The van der Waals surface area contributed by atoms with Crippen molar-refractivity contribution in [3.8, 4) is 5.75 Å². The molecule has 2 rings (SSSR count). The maximum Gasteiger partial charge on any atom is 0.350 e. The van der Waals surface area contributed by atoms with Gasteiger partial charge in [0.25, 0.3) is 0 Å². The van der Waals surface area contributed by atoms with Crippen LogP contribution in [0.25, 0.3) is 0 Å². The number of para-hydroxylation sites is 2. The van der Waals surface area contributed by atoms with Crippen LogP contribution in [0.4, 0.5) is 10.8 Å². The number of benzene rings is 1. The molecule has 5 nitrogen and oxygen atoms in total. The van der Waals surface area contributed by atoms with E-state index in [0.717, 1.165) is 11.4 Å². The highest BCUT2D eigenvalue weighted by Gasteiger charge is 2.16. The summed E-state index contributed by atoms with van der Waals surface area (Å²) in [5, 5.41) is 3.81. The van der Waals surface area contributed by atoms with E-state index in [4.69, 9.17) is 9.47 Å². The molecule has 1 aromatic heterocycles. The van der Waals surface area contributed by atoms with Gasteiger partial charge in [0.15, 0.2) is 5.13 Å².